The Morgan fingerprint density at radius 1 is 1.24 bits per heavy atom. The second-order valence-electron chi connectivity index (χ2n) is 4.90. The molecular formula is C15H17N5S. The Morgan fingerprint density at radius 3 is 2.81 bits per heavy atom. The Balaban J connectivity index is 1.70. The molecule has 0 aromatic carbocycles. The SMILES string of the molecule is CN(C)c1ccc(NCc2cn[nH]c2-c2cccs2)cn1. The molecule has 6 heteroatoms. The molecule has 0 aliphatic heterocycles. The maximum absolute atomic E-state index is 4.39. The summed E-state index contributed by atoms with van der Waals surface area (Å²) in [6.07, 6.45) is 3.71. The third-order valence-electron chi connectivity index (χ3n) is 3.17. The molecule has 0 fully saturated rings. The van der Waals surface area contributed by atoms with Crippen LogP contribution in [0.2, 0.25) is 0 Å². The molecule has 0 amide bonds. The van der Waals surface area contributed by atoms with Crippen LogP contribution in [0.25, 0.3) is 10.6 Å². The van der Waals surface area contributed by atoms with Gasteiger partial charge in [-0.15, -0.1) is 11.3 Å². The van der Waals surface area contributed by atoms with Crippen LogP contribution in [-0.2, 0) is 6.54 Å². The molecule has 0 saturated carbocycles. The maximum atomic E-state index is 4.39. The van der Waals surface area contributed by atoms with Crippen molar-refractivity contribution in [3.05, 3.63) is 47.6 Å². The summed E-state index contributed by atoms with van der Waals surface area (Å²) in [6, 6.07) is 8.17. The van der Waals surface area contributed by atoms with E-state index in [9.17, 15) is 0 Å². The van der Waals surface area contributed by atoms with Crippen molar-refractivity contribution >= 4 is 22.8 Å². The number of thiophene rings is 1. The van der Waals surface area contributed by atoms with Gasteiger partial charge in [0, 0.05) is 26.2 Å². The van der Waals surface area contributed by atoms with Crippen LogP contribution in [0.4, 0.5) is 11.5 Å². The number of hydrogen-bond donors (Lipinski definition) is 2. The molecule has 21 heavy (non-hydrogen) atoms. The summed E-state index contributed by atoms with van der Waals surface area (Å²) in [4.78, 5) is 7.57. The lowest BCUT2D eigenvalue weighted by atomic mass is 10.2. The Hall–Kier alpha value is -2.34. The van der Waals surface area contributed by atoms with Gasteiger partial charge in [-0.05, 0) is 23.6 Å². The van der Waals surface area contributed by atoms with Gasteiger partial charge >= 0.3 is 0 Å². The van der Waals surface area contributed by atoms with Crippen molar-refractivity contribution < 1.29 is 0 Å². The fourth-order valence-corrected chi connectivity index (χ4v) is 2.79. The van der Waals surface area contributed by atoms with Gasteiger partial charge in [-0.1, -0.05) is 6.07 Å². The van der Waals surface area contributed by atoms with Crippen LogP contribution in [0.1, 0.15) is 5.56 Å². The first-order valence-electron chi connectivity index (χ1n) is 6.67. The summed E-state index contributed by atoms with van der Waals surface area (Å²) >= 11 is 1.70. The first-order valence-corrected chi connectivity index (χ1v) is 7.55. The molecule has 5 nitrogen and oxygen atoms in total. The minimum Gasteiger partial charge on any atom is -0.380 e. The zero-order valence-electron chi connectivity index (χ0n) is 12.0. The van der Waals surface area contributed by atoms with Crippen molar-refractivity contribution in [2.75, 3.05) is 24.3 Å². The van der Waals surface area contributed by atoms with Gasteiger partial charge < -0.3 is 10.2 Å². The number of nitrogens with one attached hydrogen (secondary N) is 2. The second-order valence-corrected chi connectivity index (χ2v) is 5.85. The Bertz CT molecular complexity index is 685. The third-order valence-corrected chi connectivity index (χ3v) is 4.06. The van der Waals surface area contributed by atoms with E-state index in [-0.39, 0.29) is 0 Å². The molecule has 3 aromatic heterocycles. The van der Waals surface area contributed by atoms with Crippen LogP contribution in [0.3, 0.4) is 0 Å². The van der Waals surface area contributed by atoms with Crippen molar-refractivity contribution in [3.63, 3.8) is 0 Å². The Labute approximate surface area is 127 Å². The number of nitrogens with zero attached hydrogens (tertiary/aromatic N) is 3. The molecule has 108 valence electrons. The second kappa shape index (κ2) is 5.97. The molecule has 3 heterocycles. The zero-order valence-corrected chi connectivity index (χ0v) is 12.8. The number of aromatic amines is 1. The average Bonchev–Trinajstić information content (AvgIpc) is 3.16. The van der Waals surface area contributed by atoms with Gasteiger partial charge in [0.1, 0.15) is 5.82 Å². The summed E-state index contributed by atoms with van der Waals surface area (Å²) in [5, 5.41) is 12.7. The number of pyridine rings is 1. The van der Waals surface area contributed by atoms with Gasteiger partial charge in [0.2, 0.25) is 0 Å². The van der Waals surface area contributed by atoms with E-state index in [4.69, 9.17) is 0 Å². The minimum atomic E-state index is 0.715. The topological polar surface area (TPSA) is 56.8 Å². The standard InChI is InChI=1S/C15H17N5S/c1-20(2)14-6-5-12(10-17-14)16-8-11-9-18-19-15(11)13-4-3-7-21-13/h3-7,9-10,16H,8H2,1-2H3,(H,18,19). The first-order chi connectivity index (χ1) is 10.2. The smallest absolute Gasteiger partial charge is 0.128 e. The number of H-pyrrole nitrogens is 1. The summed E-state index contributed by atoms with van der Waals surface area (Å²) in [7, 11) is 3.96. The van der Waals surface area contributed by atoms with E-state index in [0.29, 0.717) is 6.54 Å². The largest absolute Gasteiger partial charge is 0.380 e. The van der Waals surface area contributed by atoms with Crippen molar-refractivity contribution in [3.8, 4) is 10.6 Å². The van der Waals surface area contributed by atoms with Gasteiger partial charge in [0.15, 0.2) is 0 Å². The van der Waals surface area contributed by atoms with Crippen LogP contribution in [0.5, 0.6) is 0 Å². The monoisotopic (exact) mass is 299 g/mol. The van der Waals surface area contributed by atoms with Crippen LogP contribution < -0.4 is 10.2 Å². The number of aromatic nitrogens is 3. The highest BCUT2D eigenvalue weighted by atomic mass is 32.1. The van der Waals surface area contributed by atoms with E-state index in [2.05, 4.69) is 31.9 Å². The number of hydrogen-bond acceptors (Lipinski definition) is 5. The van der Waals surface area contributed by atoms with Crippen molar-refractivity contribution in [2.45, 2.75) is 6.54 Å². The normalized spacial score (nSPS) is 10.6. The summed E-state index contributed by atoms with van der Waals surface area (Å²) in [5.41, 5.74) is 3.23. The van der Waals surface area contributed by atoms with E-state index in [1.54, 1.807) is 11.3 Å². The molecule has 0 spiro atoms. The van der Waals surface area contributed by atoms with Crippen LogP contribution in [0, 0.1) is 0 Å². The Kier molecular flexibility index (Phi) is 3.87. The van der Waals surface area contributed by atoms with Crippen molar-refractivity contribution in [2.24, 2.45) is 0 Å². The summed E-state index contributed by atoms with van der Waals surface area (Å²) in [6.45, 7) is 0.715. The van der Waals surface area contributed by atoms with Crippen LogP contribution >= 0.6 is 11.3 Å². The molecule has 0 aliphatic rings. The predicted octanol–water partition coefficient (Wildman–Crippen LogP) is 3.21. The lowest BCUT2D eigenvalue weighted by molar-refractivity contribution is 1.06. The fraction of sp³-hybridized carbons (Fsp3) is 0.200. The molecule has 0 radical (unpaired) electrons. The molecule has 0 atom stereocenters. The van der Waals surface area contributed by atoms with Gasteiger partial charge in [-0.3, -0.25) is 5.10 Å². The fourth-order valence-electron chi connectivity index (χ4n) is 2.03. The van der Waals surface area contributed by atoms with Crippen molar-refractivity contribution in [1.29, 1.82) is 0 Å². The molecule has 0 saturated heterocycles. The van der Waals surface area contributed by atoms with Crippen molar-refractivity contribution in [1.82, 2.24) is 15.2 Å². The van der Waals surface area contributed by atoms with Gasteiger partial charge in [-0.2, -0.15) is 5.10 Å². The van der Waals surface area contributed by atoms with Gasteiger partial charge in [0.05, 0.1) is 28.7 Å². The predicted molar refractivity (Wildman–Crippen MR) is 87.8 cm³/mol. The molecule has 0 unspecified atom stereocenters. The Morgan fingerprint density at radius 2 is 2.14 bits per heavy atom. The van der Waals surface area contributed by atoms with E-state index in [0.717, 1.165) is 22.8 Å². The van der Waals surface area contributed by atoms with Gasteiger partial charge in [-0.25, -0.2) is 4.98 Å². The zero-order chi connectivity index (χ0) is 14.7. The number of anilines is 2. The highest BCUT2D eigenvalue weighted by Crippen LogP contribution is 2.26. The lowest BCUT2D eigenvalue weighted by Gasteiger charge is -2.12. The van der Waals surface area contributed by atoms with E-state index in [1.165, 1.54) is 4.88 Å². The maximum Gasteiger partial charge on any atom is 0.128 e. The molecule has 2 N–H and O–H groups in total. The van der Waals surface area contributed by atoms with E-state index in [1.807, 2.05) is 49.6 Å². The lowest BCUT2D eigenvalue weighted by Crippen LogP contribution is -2.10. The molecule has 0 aliphatic carbocycles. The highest BCUT2D eigenvalue weighted by molar-refractivity contribution is 7.13. The highest BCUT2D eigenvalue weighted by Gasteiger charge is 2.08. The van der Waals surface area contributed by atoms with E-state index < -0.39 is 0 Å². The minimum absolute atomic E-state index is 0.715. The third kappa shape index (κ3) is 3.05. The van der Waals surface area contributed by atoms with Gasteiger partial charge in [0.25, 0.3) is 0 Å². The molecule has 3 aromatic rings. The molecular weight excluding hydrogens is 282 g/mol. The molecule has 3 rings (SSSR count). The van der Waals surface area contributed by atoms with Crippen LogP contribution in [0.15, 0.2) is 42.0 Å². The number of rotatable bonds is 5. The average molecular weight is 299 g/mol. The molecule has 0 bridgehead atoms. The van der Waals surface area contributed by atoms with E-state index >= 15 is 0 Å². The quantitative estimate of drug-likeness (QED) is 0.759. The van der Waals surface area contributed by atoms with Crippen LogP contribution in [-0.4, -0.2) is 29.3 Å². The summed E-state index contributed by atoms with van der Waals surface area (Å²) in [5.74, 6) is 0.947. The first kappa shape index (κ1) is 13.6. The summed E-state index contributed by atoms with van der Waals surface area (Å²) < 4.78 is 0.